The zero-order valence-corrected chi connectivity index (χ0v) is 9.82. The number of aryl methyl sites for hydroxylation is 1. The number of piperidine rings is 1. The molecule has 1 aromatic rings. The molecule has 2 heterocycles. The Morgan fingerprint density at radius 1 is 1.62 bits per heavy atom. The van der Waals surface area contributed by atoms with Crippen LogP contribution in [0.25, 0.3) is 0 Å². The molecule has 0 radical (unpaired) electrons. The molecule has 90 valence electrons. The average molecular weight is 225 g/mol. The minimum atomic E-state index is -0.922. The van der Waals surface area contributed by atoms with E-state index in [1.807, 2.05) is 0 Å². The molecule has 1 aromatic heterocycles. The minimum Gasteiger partial charge on any atom is -0.311 e. The van der Waals surface area contributed by atoms with Crippen molar-refractivity contribution in [1.29, 1.82) is 0 Å². The molecule has 2 atom stereocenters. The van der Waals surface area contributed by atoms with Crippen LogP contribution in [0.1, 0.15) is 44.5 Å². The van der Waals surface area contributed by atoms with E-state index in [0.717, 1.165) is 44.5 Å². The maximum absolute atomic E-state index is 14.3. The Labute approximate surface area is 96.0 Å². The summed E-state index contributed by atoms with van der Waals surface area (Å²) in [7, 11) is 0. The largest absolute Gasteiger partial charge is 0.311 e. The molecule has 1 saturated heterocycles. The molecule has 2 rings (SSSR count). The molecule has 1 aliphatic heterocycles. The summed E-state index contributed by atoms with van der Waals surface area (Å²) in [6, 6.07) is 1.78. The summed E-state index contributed by atoms with van der Waals surface area (Å²) in [5.41, 5.74) is 0.723. The molecule has 0 bridgehead atoms. The Morgan fingerprint density at radius 3 is 3.19 bits per heavy atom. The van der Waals surface area contributed by atoms with Crippen LogP contribution < -0.4 is 5.32 Å². The van der Waals surface area contributed by atoms with E-state index in [4.69, 9.17) is 0 Å². The quantitative estimate of drug-likeness (QED) is 0.853. The summed E-state index contributed by atoms with van der Waals surface area (Å²) in [4.78, 5) is 0. The van der Waals surface area contributed by atoms with Gasteiger partial charge in [0, 0.05) is 18.8 Å². The van der Waals surface area contributed by atoms with Crippen LogP contribution in [0.4, 0.5) is 4.39 Å². The fourth-order valence-electron chi connectivity index (χ4n) is 2.31. The van der Waals surface area contributed by atoms with Gasteiger partial charge in [-0.25, -0.2) is 4.39 Å². The highest BCUT2D eigenvalue weighted by Crippen LogP contribution is 2.26. The standard InChI is InChI=1S/C12H20FN3/c1-2-9-16-11(6-8-15-16)12(13)10-5-3-4-7-14-10/h6,8,10,12,14H,2-5,7,9H2,1H3. The fourth-order valence-corrected chi connectivity index (χ4v) is 2.31. The zero-order chi connectivity index (χ0) is 11.4. The summed E-state index contributed by atoms with van der Waals surface area (Å²) >= 11 is 0. The van der Waals surface area contributed by atoms with Crippen molar-refractivity contribution >= 4 is 0 Å². The molecule has 0 spiro atoms. The number of hydrogen-bond acceptors (Lipinski definition) is 2. The van der Waals surface area contributed by atoms with Crippen LogP contribution in [0.2, 0.25) is 0 Å². The molecule has 3 nitrogen and oxygen atoms in total. The summed E-state index contributed by atoms with van der Waals surface area (Å²) in [6.45, 7) is 3.82. The molecule has 1 fully saturated rings. The third kappa shape index (κ3) is 2.43. The monoisotopic (exact) mass is 225 g/mol. The van der Waals surface area contributed by atoms with Crippen LogP contribution in [0, 0.1) is 0 Å². The van der Waals surface area contributed by atoms with E-state index in [1.54, 1.807) is 16.9 Å². The first-order valence-corrected chi connectivity index (χ1v) is 6.22. The highest BCUT2D eigenvalue weighted by molar-refractivity contribution is 5.08. The van der Waals surface area contributed by atoms with Crippen molar-refractivity contribution in [1.82, 2.24) is 15.1 Å². The lowest BCUT2D eigenvalue weighted by molar-refractivity contribution is 0.209. The lowest BCUT2D eigenvalue weighted by Crippen LogP contribution is -2.38. The number of aromatic nitrogens is 2. The molecule has 0 aliphatic carbocycles. The number of rotatable bonds is 4. The van der Waals surface area contributed by atoms with E-state index >= 15 is 0 Å². The molecule has 2 unspecified atom stereocenters. The van der Waals surface area contributed by atoms with Gasteiger partial charge >= 0.3 is 0 Å². The summed E-state index contributed by atoms with van der Waals surface area (Å²) in [5, 5.41) is 7.43. The summed E-state index contributed by atoms with van der Waals surface area (Å²) in [5.74, 6) is 0. The smallest absolute Gasteiger partial charge is 0.157 e. The highest BCUT2D eigenvalue weighted by atomic mass is 19.1. The average Bonchev–Trinajstić information content (AvgIpc) is 2.78. The SMILES string of the molecule is CCCn1nccc1C(F)C1CCCCN1. The van der Waals surface area contributed by atoms with Crippen LogP contribution in [0.15, 0.2) is 12.3 Å². The van der Waals surface area contributed by atoms with Crippen molar-refractivity contribution in [2.24, 2.45) is 0 Å². The van der Waals surface area contributed by atoms with Crippen LogP contribution in [0.5, 0.6) is 0 Å². The van der Waals surface area contributed by atoms with E-state index in [1.165, 1.54) is 0 Å². The van der Waals surface area contributed by atoms with E-state index in [9.17, 15) is 4.39 Å². The third-order valence-corrected chi connectivity index (χ3v) is 3.17. The molecule has 1 N–H and O–H groups in total. The Hall–Kier alpha value is -0.900. The highest BCUT2D eigenvalue weighted by Gasteiger charge is 2.26. The number of nitrogens with one attached hydrogen (secondary N) is 1. The molecule has 4 heteroatoms. The number of hydrogen-bond donors (Lipinski definition) is 1. The van der Waals surface area contributed by atoms with Crippen molar-refractivity contribution in [3.8, 4) is 0 Å². The Balaban J connectivity index is 2.06. The van der Waals surface area contributed by atoms with E-state index in [-0.39, 0.29) is 6.04 Å². The van der Waals surface area contributed by atoms with Crippen molar-refractivity contribution in [2.45, 2.75) is 51.4 Å². The van der Waals surface area contributed by atoms with Gasteiger partial charge in [-0.1, -0.05) is 13.3 Å². The van der Waals surface area contributed by atoms with Gasteiger partial charge in [-0.2, -0.15) is 5.10 Å². The summed E-state index contributed by atoms with van der Waals surface area (Å²) in [6.07, 6.45) is 4.98. The number of nitrogens with zero attached hydrogens (tertiary/aromatic N) is 2. The normalized spacial score (nSPS) is 23.2. The van der Waals surface area contributed by atoms with Crippen LogP contribution in [0.3, 0.4) is 0 Å². The molecule has 16 heavy (non-hydrogen) atoms. The van der Waals surface area contributed by atoms with Crippen LogP contribution in [-0.4, -0.2) is 22.4 Å². The van der Waals surface area contributed by atoms with Gasteiger partial charge in [0.25, 0.3) is 0 Å². The van der Waals surface area contributed by atoms with Crippen molar-refractivity contribution < 1.29 is 4.39 Å². The van der Waals surface area contributed by atoms with Gasteiger partial charge in [0.1, 0.15) is 0 Å². The van der Waals surface area contributed by atoms with Gasteiger partial charge in [0.05, 0.1) is 5.69 Å². The third-order valence-electron chi connectivity index (χ3n) is 3.17. The van der Waals surface area contributed by atoms with E-state index in [2.05, 4.69) is 17.3 Å². The fraction of sp³-hybridized carbons (Fsp3) is 0.750. The van der Waals surface area contributed by atoms with Gasteiger partial charge in [0.2, 0.25) is 0 Å². The Kier molecular flexibility index (Phi) is 3.93. The first-order valence-electron chi connectivity index (χ1n) is 6.22. The minimum absolute atomic E-state index is 0.0268. The molecule has 0 aromatic carbocycles. The molecular formula is C12H20FN3. The van der Waals surface area contributed by atoms with Crippen LogP contribution in [-0.2, 0) is 6.54 Å². The lowest BCUT2D eigenvalue weighted by atomic mass is 9.99. The first-order chi connectivity index (χ1) is 7.83. The molecule has 1 aliphatic rings. The predicted octanol–water partition coefficient (Wildman–Crippen LogP) is 2.45. The maximum Gasteiger partial charge on any atom is 0.157 e. The number of alkyl halides is 1. The van der Waals surface area contributed by atoms with Gasteiger partial charge < -0.3 is 5.32 Å². The lowest BCUT2D eigenvalue weighted by Gasteiger charge is -2.26. The van der Waals surface area contributed by atoms with Crippen molar-refractivity contribution in [2.75, 3.05) is 6.54 Å². The van der Waals surface area contributed by atoms with Crippen molar-refractivity contribution in [3.05, 3.63) is 18.0 Å². The predicted molar refractivity (Wildman–Crippen MR) is 62.0 cm³/mol. The molecule has 0 saturated carbocycles. The maximum atomic E-state index is 14.3. The van der Waals surface area contributed by atoms with E-state index < -0.39 is 6.17 Å². The van der Waals surface area contributed by atoms with Crippen molar-refractivity contribution in [3.63, 3.8) is 0 Å². The second-order valence-electron chi connectivity index (χ2n) is 4.44. The van der Waals surface area contributed by atoms with Crippen LogP contribution >= 0.6 is 0 Å². The Morgan fingerprint density at radius 2 is 2.50 bits per heavy atom. The molecule has 0 amide bonds. The number of halogens is 1. The van der Waals surface area contributed by atoms with Gasteiger partial charge in [0.15, 0.2) is 6.17 Å². The molecular weight excluding hydrogens is 205 g/mol. The second kappa shape index (κ2) is 5.43. The second-order valence-corrected chi connectivity index (χ2v) is 4.44. The van der Waals surface area contributed by atoms with Gasteiger partial charge in [-0.05, 0) is 31.9 Å². The van der Waals surface area contributed by atoms with Gasteiger partial charge in [-0.3, -0.25) is 4.68 Å². The van der Waals surface area contributed by atoms with E-state index in [0.29, 0.717) is 0 Å². The van der Waals surface area contributed by atoms with Gasteiger partial charge in [-0.15, -0.1) is 0 Å². The summed E-state index contributed by atoms with van der Waals surface area (Å²) < 4.78 is 16.1. The topological polar surface area (TPSA) is 29.9 Å². The zero-order valence-electron chi connectivity index (χ0n) is 9.82. The first kappa shape index (κ1) is 11.6. The Bertz CT molecular complexity index is 318.